The molecule has 0 aliphatic carbocycles. The Morgan fingerprint density at radius 1 is 0.975 bits per heavy atom. The van der Waals surface area contributed by atoms with Crippen LogP contribution in [0.3, 0.4) is 0 Å². The summed E-state index contributed by atoms with van der Waals surface area (Å²) in [6, 6.07) is 11.1. The summed E-state index contributed by atoms with van der Waals surface area (Å²) in [5.74, 6) is -0.582. The van der Waals surface area contributed by atoms with Crippen molar-refractivity contribution in [2.75, 3.05) is 45.9 Å². The van der Waals surface area contributed by atoms with Crippen LogP contribution in [0.25, 0.3) is 0 Å². The van der Waals surface area contributed by atoms with Gasteiger partial charge in [-0.05, 0) is 68.1 Å². The van der Waals surface area contributed by atoms with E-state index in [2.05, 4.69) is 10.6 Å². The topological polar surface area (TPSA) is 91.0 Å². The third-order valence-electron chi connectivity index (χ3n) is 8.10. The Morgan fingerprint density at radius 2 is 1.75 bits per heavy atom. The minimum absolute atomic E-state index is 0.00122. The molecule has 0 unspecified atom stereocenters. The lowest BCUT2D eigenvalue weighted by molar-refractivity contribution is -0.139. The van der Waals surface area contributed by atoms with Gasteiger partial charge in [0.15, 0.2) is 0 Å². The van der Waals surface area contributed by atoms with E-state index >= 15 is 0 Å². The first-order chi connectivity index (χ1) is 19.2. The third kappa shape index (κ3) is 6.24. The fourth-order valence-electron chi connectivity index (χ4n) is 5.86. The summed E-state index contributed by atoms with van der Waals surface area (Å²) in [4.78, 5) is 43.3. The Balaban J connectivity index is 1.45. The zero-order valence-corrected chi connectivity index (χ0v) is 22.1. The highest BCUT2D eigenvalue weighted by atomic mass is 19.4. The zero-order chi connectivity index (χ0) is 28.3. The number of carbonyl (C=O) groups excluding carboxylic acids is 3. The van der Waals surface area contributed by atoms with E-state index in [0.717, 1.165) is 31.2 Å². The van der Waals surface area contributed by atoms with Crippen molar-refractivity contribution in [3.8, 4) is 5.75 Å². The number of nitrogens with zero attached hydrogens (tertiary/aromatic N) is 2. The van der Waals surface area contributed by atoms with Crippen molar-refractivity contribution in [1.82, 2.24) is 20.4 Å². The number of rotatable bonds is 1. The Hall–Kier alpha value is -3.60. The molecular weight excluding hydrogens is 525 g/mol. The average molecular weight is 559 g/mol. The molecule has 2 N–H and O–H groups in total. The van der Waals surface area contributed by atoms with E-state index in [1.165, 1.54) is 0 Å². The first-order valence-corrected chi connectivity index (χ1v) is 13.7. The Kier molecular flexibility index (Phi) is 8.30. The van der Waals surface area contributed by atoms with Crippen molar-refractivity contribution in [1.29, 1.82) is 0 Å². The molecule has 0 aromatic heterocycles. The number of benzene rings is 2. The summed E-state index contributed by atoms with van der Waals surface area (Å²) in [6.45, 7) is 2.58. The third-order valence-corrected chi connectivity index (χ3v) is 8.10. The maximum atomic E-state index is 13.6. The molecule has 3 heterocycles. The van der Waals surface area contributed by atoms with Crippen LogP contribution in [0, 0.1) is 11.8 Å². The Bertz CT molecular complexity index is 1240. The van der Waals surface area contributed by atoms with Crippen LogP contribution in [0.1, 0.15) is 45.5 Å². The number of alkyl halides is 3. The molecule has 214 valence electrons. The molecule has 2 fully saturated rings. The largest absolute Gasteiger partial charge is 0.491 e. The summed E-state index contributed by atoms with van der Waals surface area (Å²) in [6.07, 6.45) is -2.86. The normalized spacial score (nSPS) is 24.5. The lowest BCUT2D eigenvalue weighted by atomic mass is 9.81. The smallest absolute Gasteiger partial charge is 0.416 e. The van der Waals surface area contributed by atoms with Crippen molar-refractivity contribution in [3.05, 3.63) is 65.2 Å². The van der Waals surface area contributed by atoms with E-state index < -0.39 is 23.7 Å². The molecule has 40 heavy (non-hydrogen) atoms. The van der Waals surface area contributed by atoms with Gasteiger partial charge in [0.2, 0.25) is 5.91 Å². The SMILES string of the molecule is O=C1NCC[C@H]2CNCC[C@H]2CC(=O)N2CCN(C(=O)c3ccccc3)C[C@H]2COc2ccc(C(F)(F)F)cc21. The quantitative estimate of drug-likeness (QED) is 0.561. The summed E-state index contributed by atoms with van der Waals surface area (Å²) in [7, 11) is 0. The molecule has 3 aliphatic heterocycles. The van der Waals surface area contributed by atoms with Crippen LogP contribution in [0.15, 0.2) is 48.5 Å². The number of carbonyl (C=O) groups is 3. The highest BCUT2D eigenvalue weighted by molar-refractivity contribution is 5.97. The molecule has 3 aliphatic rings. The van der Waals surface area contributed by atoms with Gasteiger partial charge in [0.25, 0.3) is 11.8 Å². The number of hydrogen-bond donors (Lipinski definition) is 2. The first-order valence-electron chi connectivity index (χ1n) is 13.7. The second kappa shape index (κ2) is 11.9. The second-order valence-electron chi connectivity index (χ2n) is 10.6. The number of halogens is 3. The van der Waals surface area contributed by atoms with Gasteiger partial charge in [0.05, 0.1) is 17.2 Å². The fourth-order valence-corrected chi connectivity index (χ4v) is 5.86. The molecule has 3 amide bonds. The molecule has 2 saturated heterocycles. The molecule has 3 atom stereocenters. The van der Waals surface area contributed by atoms with Crippen molar-refractivity contribution in [2.45, 2.75) is 31.5 Å². The number of amides is 3. The maximum Gasteiger partial charge on any atom is 0.416 e. The van der Waals surface area contributed by atoms with Crippen LogP contribution in [0.5, 0.6) is 5.75 Å². The average Bonchev–Trinajstić information content (AvgIpc) is 2.95. The van der Waals surface area contributed by atoms with Crippen LogP contribution in [0.2, 0.25) is 0 Å². The Labute approximate surface area is 230 Å². The maximum absolute atomic E-state index is 13.6. The number of piperazine rings is 1. The number of ether oxygens (including phenoxy) is 1. The van der Waals surface area contributed by atoms with Crippen LogP contribution < -0.4 is 15.4 Å². The number of hydrogen-bond acceptors (Lipinski definition) is 5. The van der Waals surface area contributed by atoms with E-state index in [1.54, 1.807) is 34.1 Å². The molecule has 2 aromatic carbocycles. The van der Waals surface area contributed by atoms with E-state index in [-0.39, 0.29) is 54.7 Å². The van der Waals surface area contributed by atoms with Gasteiger partial charge in [0.1, 0.15) is 12.4 Å². The van der Waals surface area contributed by atoms with Gasteiger partial charge in [-0.25, -0.2) is 0 Å². The van der Waals surface area contributed by atoms with Crippen molar-refractivity contribution in [2.24, 2.45) is 11.8 Å². The van der Waals surface area contributed by atoms with Crippen LogP contribution >= 0.6 is 0 Å². The molecule has 0 bridgehead atoms. The summed E-state index contributed by atoms with van der Waals surface area (Å²) in [5.41, 5.74) is -0.629. The lowest BCUT2D eigenvalue weighted by Crippen LogP contribution is -2.59. The zero-order valence-electron chi connectivity index (χ0n) is 22.1. The monoisotopic (exact) mass is 558 g/mol. The fraction of sp³-hybridized carbons (Fsp3) is 0.483. The number of piperidine rings is 1. The van der Waals surface area contributed by atoms with Crippen LogP contribution in [-0.4, -0.2) is 79.4 Å². The van der Waals surface area contributed by atoms with Gasteiger partial charge in [-0.3, -0.25) is 14.4 Å². The second-order valence-corrected chi connectivity index (χ2v) is 10.6. The number of nitrogens with one attached hydrogen (secondary N) is 2. The first kappa shape index (κ1) is 27.9. The van der Waals surface area contributed by atoms with Gasteiger partial charge in [-0.1, -0.05) is 18.2 Å². The molecule has 2 aromatic rings. The highest BCUT2D eigenvalue weighted by Crippen LogP contribution is 2.33. The van der Waals surface area contributed by atoms with Crippen molar-refractivity contribution >= 4 is 17.7 Å². The molecule has 5 rings (SSSR count). The van der Waals surface area contributed by atoms with Crippen LogP contribution in [0.4, 0.5) is 13.2 Å². The van der Waals surface area contributed by atoms with E-state index in [0.29, 0.717) is 38.0 Å². The predicted molar refractivity (Wildman–Crippen MR) is 141 cm³/mol. The molecule has 8 nitrogen and oxygen atoms in total. The van der Waals surface area contributed by atoms with Gasteiger partial charge in [-0.15, -0.1) is 0 Å². The highest BCUT2D eigenvalue weighted by Gasteiger charge is 2.37. The van der Waals surface area contributed by atoms with Crippen molar-refractivity contribution < 1.29 is 32.3 Å². The molecule has 0 saturated carbocycles. The molecule has 0 radical (unpaired) electrons. The molecular formula is C29H33F3N4O4. The Morgan fingerprint density at radius 3 is 2.52 bits per heavy atom. The summed E-state index contributed by atoms with van der Waals surface area (Å²) < 4.78 is 46.4. The lowest BCUT2D eigenvalue weighted by Gasteiger charge is -2.42. The standard InChI is InChI=1S/C29H33F3N4O4/c30-29(31,32)22-6-7-25-24(15-22)27(38)34-11-9-21-16-33-10-8-20(21)14-26(37)36-13-12-35(17-23(36)18-40-25)28(39)19-4-2-1-3-5-19/h1-7,15,20-21,23,33H,8-14,16-18H2,(H,34,38)/t20-,21-,23-/m0/s1. The summed E-state index contributed by atoms with van der Waals surface area (Å²) >= 11 is 0. The molecule has 0 spiro atoms. The van der Waals surface area contributed by atoms with Crippen molar-refractivity contribution in [3.63, 3.8) is 0 Å². The predicted octanol–water partition coefficient (Wildman–Crippen LogP) is 3.19. The minimum Gasteiger partial charge on any atom is -0.491 e. The minimum atomic E-state index is -4.62. The van der Waals surface area contributed by atoms with Gasteiger partial charge in [0, 0.05) is 38.2 Å². The van der Waals surface area contributed by atoms with Crippen LogP contribution in [-0.2, 0) is 11.0 Å². The summed E-state index contributed by atoms with van der Waals surface area (Å²) in [5, 5.41) is 6.10. The van der Waals surface area contributed by atoms with E-state index in [1.807, 2.05) is 6.07 Å². The molecule has 11 heteroatoms. The number of fused-ring (bicyclic) bond motifs is 3. The van der Waals surface area contributed by atoms with E-state index in [9.17, 15) is 27.6 Å². The van der Waals surface area contributed by atoms with Gasteiger partial charge < -0.3 is 25.2 Å². The van der Waals surface area contributed by atoms with Gasteiger partial charge in [-0.2, -0.15) is 13.2 Å². The van der Waals surface area contributed by atoms with E-state index in [4.69, 9.17) is 4.74 Å². The van der Waals surface area contributed by atoms with Gasteiger partial charge >= 0.3 is 6.18 Å².